The van der Waals surface area contributed by atoms with E-state index in [2.05, 4.69) is 15.7 Å². The molecule has 0 bridgehead atoms. The number of aromatic nitrogens is 2. The smallest absolute Gasteiger partial charge is 0.276 e. The lowest BCUT2D eigenvalue weighted by atomic mass is 10.1. The maximum absolute atomic E-state index is 13.2. The fraction of sp³-hybridized carbons (Fsp3) is 0.217. The molecule has 0 aliphatic carbocycles. The molecule has 160 valence electrons. The minimum Gasteiger partial charge on any atom is -0.326 e. The number of anilines is 2. The third-order valence-corrected chi connectivity index (χ3v) is 4.88. The first-order chi connectivity index (χ1) is 14.7. The van der Waals surface area contributed by atoms with E-state index in [4.69, 9.17) is 0 Å². The highest BCUT2D eigenvalue weighted by Crippen LogP contribution is 2.16. The zero-order valence-corrected chi connectivity index (χ0v) is 17.5. The van der Waals surface area contributed by atoms with Crippen molar-refractivity contribution in [1.29, 1.82) is 0 Å². The molecule has 0 atom stereocenters. The number of nitrogens with one attached hydrogen (secondary N) is 2. The summed E-state index contributed by atoms with van der Waals surface area (Å²) in [5.74, 6) is -1.20. The lowest BCUT2D eigenvalue weighted by Crippen LogP contribution is -2.28. The molecular weight excluding hydrogens is 399 g/mol. The summed E-state index contributed by atoms with van der Waals surface area (Å²) >= 11 is 0. The number of amides is 2. The maximum atomic E-state index is 13.2. The first kappa shape index (κ1) is 21.9. The second-order valence-electron chi connectivity index (χ2n) is 7.29. The number of carbonyl (C=O) groups is 2. The summed E-state index contributed by atoms with van der Waals surface area (Å²) in [7, 11) is 0. The van der Waals surface area contributed by atoms with E-state index < -0.39 is 11.5 Å². The Balaban J connectivity index is 1.66. The zero-order chi connectivity index (χ0) is 22.5. The molecule has 2 aromatic carbocycles. The molecule has 8 heteroatoms. The molecule has 3 aromatic rings. The Morgan fingerprint density at radius 2 is 1.71 bits per heavy atom. The molecule has 0 spiro atoms. The van der Waals surface area contributed by atoms with Gasteiger partial charge in [-0.15, -0.1) is 0 Å². The Kier molecular flexibility index (Phi) is 6.59. The van der Waals surface area contributed by atoms with Crippen LogP contribution < -0.4 is 16.2 Å². The molecule has 0 saturated carbocycles. The van der Waals surface area contributed by atoms with Gasteiger partial charge in [-0.2, -0.15) is 5.10 Å². The Bertz CT molecular complexity index is 1200. The van der Waals surface area contributed by atoms with Gasteiger partial charge in [0, 0.05) is 23.9 Å². The summed E-state index contributed by atoms with van der Waals surface area (Å²) in [6.07, 6.45) is -0.0358. The van der Waals surface area contributed by atoms with E-state index in [1.54, 1.807) is 13.0 Å². The third kappa shape index (κ3) is 5.63. The molecule has 7 nitrogen and oxygen atoms in total. The molecule has 31 heavy (non-hydrogen) atoms. The molecule has 0 saturated heterocycles. The zero-order valence-electron chi connectivity index (χ0n) is 17.5. The number of aryl methyl sites for hydroxylation is 4. The van der Waals surface area contributed by atoms with Gasteiger partial charge in [0.1, 0.15) is 11.5 Å². The van der Waals surface area contributed by atoms with Gasteiger partial charge in [-0.3, -0.25) is 14.4 Å². The van der Waals surface area contributed by atoms with Gasteiger partial charge in [0.25, 0.3) is 11.5 Å². The number of benzene rings is 2. The predicted octanol–water partition coefficient (Wildman–Crippen LogP) is 3.59. The van der Waals surface area contributed by atoms with E-state index in [1.165, 1.54) is 30.3 Å². The van der Waals surface area contributed by atoms with Gasteiger partial charge < -0.3 is 10.6 Å². The van der Waals surface area contributed by atoms with Crippen LogP contribution in [-0.4, -0.2) is 21.6 Å². The van der Waals surface area contributed by atoms with E-state index in [0.29, 0.717) is 16.9 Å². The van der Waals surface area contributed by atoms with Crippen LogP contribution >= 0.6 is 0 Å². The number of nitrogens with zero attached hydrogens (tertiary/aromatic N) is 2. The van der Waals surface area contributed by atoms with Crippen molar-refractivity contribution in [2.45, 2.75) is 33.7 Å². The van der Waals surface area contributed by atoms with Crippen molar-refractivity contribution in [2.75, 3.05) is 10.6 Å². The topological polar surface area (TPSA) is 93.1 Å². The van der Waals surface area contributed by atoms with Crippen LogP contribution in [0.5, 0.6) is 0 Å². The molecular formula is C23H23FN4O3. The van der Waals surface area contributed by atoms with Gasteiger partial charge in [-0.05, 0) is 73.9 Å². The van der Waals surface area contributed by atoms with Crippen molar-refractivity contribution in [2.24, 2.45) is 0 Å². The van der Waals surface area contributed by atoms with E-state index in [0.717, 1.165) is 15.8 Å². The van der Waals surface area contributed by atoms with Crippen LogP contribution in [0, 0.1) is 26.6 Å². The molecule has 3 rings (SSSR count). The average molecular weight is 422 g/mol. The highest BCUT2D eigenvalue weighted by Gasteiger charge is 2.12. The third-order valence-electron chi connectivity index (χ3n) is 4.88. The van der Waals surface area contributed by atoms with E-state index in [9.17, 15) is 18.8 Å². The largest absolute Gasteiger partial charge is 0.326 e. The van der Waals surface area contributed by atoms with Crippen molar-refractivity contribution in [3.05, 3.63) is 87.1 Å². The molecule has 2 amide bonds. The Hall–Kier alpha value is -3.81. The molecule has 0 aliphatic rings. The standard InChI is InChI=1S/C23H23FN4O3/c1-14-4-6-18(13-15(14)2)25-23(31)20-8-9-22(30)28(27-20)11-10-21(29)26-19-7-5-17(24)12-16(19)3/h4-9,12-13H,10-11H2,1-3H3,(H,25,31)(H,26,29). The van der Waals surface area contributed by atoms with Crippen LogP contribution in [0.15, 0.2) is 53.3 Å². The van der Waals surface area contributed by atoms with Crippen molar-refractivity contribution < 1.29 is 14.0 Å². The summed E-state index contributed by atoms with van der Waals surface area (Å²) in [6.45, 7) is 5.60. The number of rotatable bonds is 6. The van der Waals surface area contributed by atoms with Crippen LogP contribution in [-0.2, 0) is 11.3 Å². The Labute approximate surface area is 178 Å². The summed E-state index contributed by atoms with van der Waals surface area (Å²) < 4.78 is 14.3. The van der Waals surface area contributed by atoms with Gasteiger partial charge in [-0.25, -0.2) is 9.07 Å². The highest BCUT2D eigenvalue weighted by atomic mass is 19.1. The molecule has 0 aliphatic heterocycles. The monoisotopic (exact) mass is 422 g/mol. The van der Waals surface area contributed by atoms with Gasteiger partial charge in [0.05, 0.1) is 6.54 Å². The summed E-state index contributed by atoms with van der Waals surface area (Å²) in [4.78, 5) is 36.8. The van der Waals surface area contributed by atoms with E-state index in [1.807, 2.05) is 26.0 Å². The van der Waals surface area contributed by atoms with Crippen LogP contribution in [0.1, 0.15) is 33.6 Å². The molecule has 1 aromatic heterocycles. The molecule has 0 radical (unpaired) electrons. The Morgan fingerprint density at radius 1 is 0.935 bits per heavy atom. The van der Waals surface area contributed by atoms with Crippen molar-refractivity contribution in [3.8, 4) is 0 Å². The fourth-order valence-electron chi connectivity index (χ4n) is 2.93. The average Bonchev–Trinajstić information content (AvgIpc) is 2.72. The highest BCUT2D eigenvalue weighted by molar-refractivity contribution is 6.02. The molecule has 1 heterocycles. The number of hydrogen-bond acceptors (Lipinski definition) is 4. The molecule has 2 N–H and O–H groups in total. The van der Waals surface area contributed by atoms with Crippen molar-refractivity contribution in [3.63, 3.8) is 0 Å². The van der Waals surface area contributed by atoms with E-state index >= 15 is 0 Å². The SMILES string of the molecule is Cc1ccc(NC(=O)c2ccc(=O)n(CCC(=O)Nc3ccc(F)cc3C)n2)cc1C. The summed E-state index contributed by atoms with van der Waals surface area (Å²) in [6, 6.07) is 12.2. The Morgan fingerprint density at radius 3 is 2.42 bits per heavy atom. The predicted molar refractivity (Wildman–Crippen MR) is 117 cm³/mol. The summed E-state index contributed by atoms with van der Waals surface area (Å²) in [5.41, 5.74) is 3.50. The van der Waals surface area contributed by atoms with Crippen LogP contribution in [0.3, 0.4) is 0 Å². The molecule has 0 fully saturated rings. The quantitative estimate of drug-likeness (QED) is 0.635. The van der Waals surface area contributed by atoms with Crippen molar-refractivity contribution >= 4 is 23.2 Å². The van der Waals surface area contributed by atoms with Gasteiger partial charge in [0.15, 0.2) is 0 Å². The number of carbonyl (C=O) groups excluding carboxylic acids is 2. The van der Waals surface area contributed by atoms with Gasteiger partial charge in [0.2, 0.25) is 5.91 Å². The molecule has 0 unspecified atom stereocenters. The lowest BCUT2D eigenvalue weighted by Gasteiger charge is -2.10. The fourth-order valence-corrected chi connectivity index (χ4v) is 2.93. The van der Waals surface area contributed by atoms with E-state index in [-0.39, 0.29) is 30.4 Å². The number of hydrogen-bond donors (Lipinski definition) is 2. The van der Waals surface area contributed by atoms with Crippen LogP contribution in [0.25, 0.3) is 0 Å². The van der Waals surface area contributed by atoms with Crippen molar-refractivity contribution in [1.82, 2.24) is 9.78 Å². The minimum absolute atomic E-state index is 0.00430. The minimum atomic E-state index is -0.455. The second kappa shape index (κ2) is 9.34. The summed E-state index contributed by atoms with van der Waals surface area (Å²) in [5, 5.41) is 9.51. The second-order valence-corrected chi connectivity index (χ2v) is 7.29. The lowest BCUT2D eigenvalue weighted by molar-refractivity contribution is -0.116. The van der Waals surface area contributed by atoms with Crippen LogP contribution in [0.2, 0.25) is 0 Å². The first-order valence-electron chi connectivity index (χ1n) is 9.76. The first-order valence-corrected chi connectivity index (χ1v) is 9.76. The van der Waals surface area contributed by atoms with Gasteiger partial charge >= 0.3 is 0 Å². The normalized spacial score (nSPS) is 10.6. The number of halogens is 1. The van der Waals surface area contributed by atoms with Gasteiger partial charge in [-0.1, -0.05) is 6.07 Å². The maximum Gasteiger partial charge on any atom is 0.276 e. The van der Waals surface area contributed by atoms with Crippen LogP contribution in [0.4, 0.5) is 15.8 Å².